The third-order valence-corrected chi connectivity index (χ3v) is 6.89. The summed E-state index contributed by atoms with van der Waals surface area (Å²) in [7, 11) is 0. The van der Waals surface area contributed by atoms with Gasteiger partial charge >= 0.3 is 6.09 Å². The van der Waals surface area contributed by atoms with Crippen LogP contribution in [0.3, 0.4) is 0 Å². The van der Waals surface area contributed by atoms with Gasteiger partial charge in [0, 0.05) is 53.7 Å². The summed E-state index contributed by atoms with van der Waals surface area (Å²) in [5, 5.41) is 4.08. The summed E-state index contributed by atoms with van der Waals surface area (Å²) in [4.78, 5) is 46.3. The maximum absolute atomic E-state index is 12.6. The van der Waals surface area contributed by atoms with Gasteiger partial charge in [0.25, 0.3) is 0 Å². The van der Waals surface area contributed by atoms with E-state index in [0.717, 1.165) is 20.9 Å². The van der Waals surface area contributed by atoms with Crippen molar-refractivity contribution >= 4 is 50.3 Å². The molecule has 4 rings (SSSR count). The third kappa shape index (κ3) is 5.56. The van der Waals surface area contributed by atoms with Gasteiger partial charge in [-0.1, -0.05) is 22.0 Å². The largest absolute Gasteiger partial charge is 0.444 e. The molecule has 0 spiro atoms. The van der Waals surface area contributed by atoms with Crippen molar-refractivity contribution in [1.82, 2.24) is 14.8 Å². The Balaban J connectivity index is 1.53. The smallest absolute Gasteiger partial charge is 0.410 e. The first kappa shape index (κ1) is 25.3. The van der Waals surface area contributed by atoms with Crippen LogP contribution in [0.2, 0.25) is 0 Å². The zero-order valence-corrected chi connectivity index (χ0v) is 22.4. The molecular formula is C26H31BrN4O4. The first-order chi connectivity index (χ1) is 16.4. The highest BCUT2D eigenvalue weighted by molar-refractivity contribution is 9.10. The standard InChI is InChI=1S/C26H31BrN4O4/c1-15-16(2)24(33)22(23(15)32)29-21-12-17(19-7-6-18(27)13-20(19)28-21)14-30-8-10-31(11-9-30)25(34)35-26(3,4)5/h6-7,12-13,22H,8-11,14H2,1-5H3,(H,28,29). The van der Waals surface area contributed by atoms with Crippen LogP contribution in [-0.2, 0) is 20.9 Å². The molecule has 0 atom stereocenters. The van der Waals surface area contributed by atoms with Crippen LogP contribution in [0, 0.1) is 0 Å². The van der Waals surface area contributed by atoms with Crippen molar-refractivity contribution < 1.29 is 19.1 Å². The zero-order chi connectivity index (χ0) is 25.5. The minimum atomic E-state index is -0.933. The lowest BCUT2D eigenvalue weighted by atomic mass is 10.1. The van der Waals surface area contributed by atoms with Crippen LogP contribution in [-0.4, -0.2) is 70.3 Å². The van der Waals surface area contributed by atoms with E-state index in [1.807, 2.05) is 45.0 Å². The van der Waals surface area contributed by atoms with Gasteiger partial charge < -0.3 is 15.0 Å². The lowest BCUT2D eigenvalue weighted by molar-refractivity contribution is -0.122. The number of nitrogens with zero attached hydrogens (tertiary/aromatic N) is 3. The Morgan fingerprint density at radius 3 is 2.31 bits per heavy atom. The van der Waals surface area contributed by atoms with Gasteiger partial charge in [0.15, 0.2) is 17.6 Å². The Morgan fingerprint density at radius 2 is 1.71 bits per heavy atom. The number of nitrogens with one attached hydrogen (secondary N) is 1. The highest BCUT2D eigenvalue weighted by Gasteiger charge is 2.37. The number of carbonyl (C=O) groups is 3. The number of halogens is 1. The molecule has 1 N–H and O–H groups in total. The highest BCUT2D eigenvalue weighted by Crippen LogP contribution is 2.28. The van der Waals surface area contributed by atoms with Crippen LogP contribution in [0.1, 0.15) is 40.2 Å². The fourth-order valence-corrected chi connectivity index (χ4v) is 4.68. The maximum Gasteiger partial charge on any atom is 0.410 e. The molecule has 0 bridgehead atoms. The van der Waals surface area contributed by atoms with Crippen molar-refractivity contribution in [2.45, 2.75) is 52.8 Å². The van der Waals surface area contributed by atoms with Crippen molar-refractivity contribution in [2.75, 3.05) is 31.5 Å². The summed E-state index contributed by atoms with van der Waals surface area (Å²) in [5.74, 6) is 0.0825. The number of benzene rings is 1. The van der Waals surface area contributed by atoms with Gasteiger partial charge in [-0.25, -0.2) is 9.78 Å². The quantitative estimate of drug-likeness (QED) is 0.575. The molecule has 1 aromatic carbocycles. The third-order valence-electron chi connectivity index (χ3n) is 6.39. The van der Waals surface area contributed by atoms with E-state index in [1.54, 1.807) is 18.7 Å². The number of amides is 1. The summed E-state index contributed by atoms with van der Waals surface area (Å²) in [5.41, 5.74) is 2.29. The van der Waals surface area contributed by atoms with E-state index in [2.05, 4.69) is 31.1 Å². The van der Waals surface area contributed by atoms with Crippen molar-refractivity contribution in [3.05, 3.63) is 45.4 Å². The van der Waals surface area contributed by atoms with Crippen LogP contribution in [0.25, 0.3) is 10.9 Å². The second-order valence-corrected chi connectivity index (χ2v) is 11.0. The Hall–Kier alpha value is -2.78. The Bertz CT molecular complexity index is 1200. The second-order valence-electron chi connectivity index (χ2n) is 10.1. The minimum absolute atomic E-state index is 0.205. The van der Waals surface area contributed by atoms with Gasteiger partial charge in [0.1, 0.15) is 11.4 Å². The molecule has 186 valence electrons. The van der Waals surface area contributed by atoms with E-state index in [9.17, 15) is 14.4 Å². The van der Waals surface area contributed by atoms with E-state index in [0.29, 0.717) is 49.7 Å². The van der Waals surface area contributed by atoms with Gasteiger partial charge in [-0.3, -0.25) is 14.5 Å². The number of aromatic nitrogens is 1. The van der Waals surface area contributed by atoms with Crippen LogP contribution >= 0.6 is 15.9 Å². The van der Waals surface area contributed by atoms with Crippen LogP contribution in [0.15, 0.2) is 39.9 Å². The van der Waals surface area contributed by atoms with E-state index >= 15 is 0 Å². The van der Waals surface area contributed by atoms with Gasteiger partial charge in [-0.05, 0) is 58.4 Å². The van der Waals surface area contributed by atoms with Gasteiger partial charge in [0.05, 0.1) is 5.52 Å². The van der Waals surface area contributed by atoms with Gasteiger partial charge in [-0.15, -0.1) is 0 Å². The van der Waals surface area contributed by atoms with Crippen molar-refractivity contribution in [3.63, 3.8) is 0 Å². The van der Waals surface area contributed by atoms with Crippen LogP contribution in [0.4, 0.5) is 10.6 Å². The van der Waals surface area contributed by atoms with Crippen LogP contribution in [0.5, 0.6) is 0 Å². The number of ether oxygens (including phenoxy) is 1. The molecule has 2 aliphatic rings. The Kier molecular flexibility index (Phi) is 7.02. The number of anilines is 1. The maximum atomic E-state index is 12.6. The molecule has 2 aromatic rings. The van der Waals surface area contributed by atoms with Crippen molar-refractivity contribution in [2.24, 2.45) is 0 Å². The molecule has 1 saturated heterocycles. The molecule has 1 aliphatic heterocycles. The molecule has 1 aromatic heterocycles. The average molecular weight is 543 g/mol. The summed E-state index contributed by atoms with van der Waals surface area (Å²) in [6, 6.07) is 6.90. The Labute approximate surface area is 213 Å². The second kappa shape index (κ2) is 9.70. The lowest BCUT2D eigenvalue weighted by Gasteiger charge is -2.35. The van der Waals surface area contributed by atoms with E-state index in [4.69, 9.17) is 4.74 Å². The zero-order valence-electron chi connectivity index (χ0n) is 20.8. The van der Waals surface area contributed by atoms with E-state index in [-0.39, 0.29) is 17.7 Å². The predicted octanol–water partition coefficient (Wildman–Crippen LogP) is 4.32. The fourth-order valence-electron chi connectivity index (χ4n) is 4.34. The number of Topliss-reactive ketones (excluding diaryl/α,β-unsaturated/α-hetero) is 2. The molecule has 0 radical (unpaired) electrons. The first-order valence-electron chi connectivity index (χ1n) is 11.7. The Morgan fingerprint density at radius 1 is 1.09 bits per heavy atom. The number of carbonyl (C=O) groups excluding carboxylic acids is 3. The molecule has 2 heterocycles. The van der Waals surface area contributed by atoms with Gasteiger partial charge in [0.2, 0.25) is 0 Å². The normalized spacial score (nSPS) is 18.1. The number of ketones is 2. The molecular weight excluding hydrogens is 512 g/mol. The number of fused-ring (bicyclic) bond motifs is 1. The summed E-state index contributed by atoms with van der Waals surface area (Å²) >= 11 is 3.51. The molecule has 35 heavy (non-hydrogen) atoms. The summed E-state index contributed by atoms with van der Waals surface area (Å²) in [6.07, 6.45) is -0.284. The van der Waals surface area contributed by atoms with Crippen molar-refractivity contribution in [3.8, 4) is 0 Å². The van der Waals surface area contributed by atoms with Crippen LogP contribution < -0.4 is 5.32 Å². The predicted molar refractivity (Wildman–Crippen MR) is 138 cm³/mol. The molecule has 1 fully saturated rings. The monoisotopic (exact) mass is 542 g/mol. The average Bonchev–Trinajstić information content (AvgIpc) is 2.96. The summed E-state index contributed by atoms with van der Waals surface area (Å²) in [6.45, 7) is 12.2. The minimum Gasteiger partial charge on any atom is -0.444 e. The fraction of sp³-hybridized carbons (Fsp3) is 0.462. The number of pyridine rings is 1. The highest BCUT2D eigenvalue weighted by atomic mass is 79.9. The number of hydrogen-bond acceptors (Lipinski definition) is 7. The molecule has 0 unspecified atom stereocenters. The van der Waals surface area contributed by atoms with E-state index < -0.39 is 11.6 Å². The number of rotatable bonds is 4. The molecule has 8 nitrogen and oxygen atoms in total. The van der Waals surface area contributed by atoms with Gasteiger partial charge in [-0.2, -0.15) is 0 Å². The molecule has 9 heteroatoms. The topological polar surface area (TPSA) is 91.8 Å². The molecule has 0 saturated carbocycles. The number of hydrogen-bond donors (Lipinski definition) is 1. The SMILES string of the molecule is CC1=C(C)C(=O)C(Nc2cc(CN3CCN(C(=O)OC(C)(C)C)CC3)c3ccc(Br)cc3n2)C1=O. The van der Waals surface area contributed by atoms with E-state index in [1.165, 1.54) is 0 Å². The first-order valence-corrected chi connectivity index (χ1v) is 12.5. The molecule has 1 aliphatic carbocycles. The lowest BCUT2D eigenvalue weighted by Crippen LogP contribution is -2.49. The number of piperazine rings is 1. The summed E-state index contributed by atoms with van der Waals surface area (Å²) < 4.78 is 6.40. The molecule has 1 amide bonds. The van der Waals surface area contributed by atoms with Crippen molar-refractivity contribution in [1.29, 1.82) is 0 Å².